The second-order valence-corrected chi connectivity index (χ2v) is 7.64. The lowest BCUT2D eigenvalue weighted by Crippen LogP contribution is -2.46. The van der Waals surface area contributed by atoms with Gasteiger partial charge in [0.25, 0.3) is 11.5 Å². The molecule has 1 aliphatic heterocycles. The van der Waals surface area contributed by atoms with E-state index in [-0.39, 0.29) is 17.5 Å². The highest BCUT2D eigenvalue weighted by atomic mass is 32.1. The van der Waals surface area contributed by atoms with E-state index in [1.54, 1.807) is 22.5 Å². The summed E-state index contributed by atoms with van der Waals surface area (Å²) in [6.45, 7) is 1.48. The Bertz CT molecular complexity index is 1030. The van der Waals surface area contributed by atoms with E-state index in [0.717, 1.165) is 13.0 Å². The van der Waals surface area contributed by atoms with Crippen molar-refractivity contribution >= 4 is 22.2 Å². The first-order valence-electron chi connectivity index (χ1n) is 8.52. The van der Waals surface area contributed by atoms with E-state index in [2.05, 4.69) is 41.2 Å². The van der Waals surface area contributed by atoms with Crippen molar-refractivity contribution in [2.45, 2.75) is 19.0 Å². The van der Waals surface area contributed by atoms with Crippen molar-refractivity contribution in [2.75, 3.05) is 20.6 Å². The van der Waals surface area contributed by atoms with Crippen LogP contribution in [-0.2, 0) is 13.0 Å². The smallest absolute Gasteiger partial charge is 0.274 e. The summed E-state index contributed by atoms with van der Waals surface area (Å²) in [4.78, 5) is 33.2. The fraction of sp³-hybridized carbons (Fsp3) is 0.316. The molecule has 0 saturated carbocycles. The van der Waals surface area contributed by atoms with Gasteiger partial charge in [-0.1, -0.05) is 24.3 Å². The molecule has 0 radical (unpaired) electrons. The van der Waals surface area contributed by atoms with E-state index in [0.29, 0.717) is 17.2 Å². The summed E-state index contributed by atoms with van der Waals surface area (Å²) < 4.78 is 1.69. The molecule has 134 valence electrons. The number of aromatic nitrogens is 2. The van der Waals surface area contributed by atoms with Gasteiger partial charge >= 0.3 is 0 Å². The number of rotatable bonds is 3. The molecular formula is C19H20N4O2S. The molecule has 1 atom stereocenters. The SMILES string of the molecule is CN(CC1Cc2ccccc2CN1C)C(=O)c1cc(=O)nc2sccn12. The molecule has 1 aromatic carbocycles. The predicted molar refractivity (Wildman–Crippen MR) is 102 cm³/mol. The lowest BCUT2D eigenvalue weighted by atomic mass is 9.94. The van der Waals surface area contributed by atoms with E-state index in [9.17, 15) is 9.59 Å². The van der Waals surface area contributed by atoms with Crippen LogP contribution in [0.3, 0.4) is 0 Å². The maximum Gasteiger partial charge on any atom is 0.274 e. The Morgan fingerprint density at radius 1 is 1.35 bits per heavy atom. The summed E-state index contributed by atoms with van der Waals surface area (Å²) in [7, 11) is 3.88. The number of fused-ring (bicyclic) bond motifs is 2. The number of nitrogens with zero attached hydrogens (tertiary/aromatic N) is 4. The van der Waals surface area contributed by atoms with Gasteiger partial charge in [-0.2, -0.15) is 4.98 Å². The Balaban J connectivity index is 1.56. The Hall–Kier alpha value is -2.51. The molecule has 0 spiro atoms. The van der Waals surface area contributed by atoms with E-state index in [1.807, 2.05) is 5.38 Å². The third-order valence-corrected chi connectivity index (χ3v) is 5.74. The molecule has 3 heterocycles. The van der Waals surface area contributed by atoms with E-state index < -0.39 is 0 Å². The second-order valence-electron chi connectivity index (χ2n) is 6.76. The molecule has 1 aliphatic rings. The van der Waals surface area contributed by atoms with E-state index in [1.165, 1.54) is 28.5 Å². The second kappa shape index (κ2) is 6.66. The van der Waals surface area contributed by atoms with Crippen LogP contribution in [0, 0.1) is 0 Å². The minimum Gasteiger partial charge on any atom is -0.339 e. The van der Waals surface area contributed by atoms with Gasteiger partial charge in [0, 0.05) is 43.8 Å². The molecule has 6 nitrogen and oxygen atoms in total. The van der Waals surface area contributed by atoms with Crippen molar-refractivity contribution in [3.8, 4) is 0 Å². The molecule has 1 unspecified atom stereocenters. The van der Waals surface area contributed by atoms with Crippen molar-refractivity contribution < 1.29 is 4.79 Å². The molecule has 4 rings (SSSR count). The van der Waals surface area contributed by atoms with Crippen LogP contribution in [0.5, 0.6) is 0 Å². The minimum absolute atomic E-state index is 0.162. The van der Waals surface area contributed by atoms with Crippen molar-refractivity contribution in [1.82, 2.24) is 19.2 Å². The molecule has 7 heteroatoms. The molecule has 0 aliphatic carbocycles. The van der Waals surface area contributed by atoms with E-state index >= 15 is 0 Å². The fourth-order valence-corrected chi connectivity index (χ4v) is 4.25. The topological polar surface area (TPSA) is 57.9 Å². The van der Waals surface area contributed by atoms with Gasteiger partial charge in [-0.3, -0.25) is 18.9 Å². The zero-order valence-electron chi connectivity index (χ0n) is 14.8. The highest BCUT2D eigenvalue weighted by Crippen LogP contribution is 2.22. The number of carbonyl (C=O) groups excluding carboxylic acids is 1. The first-order chi connectivity index (χ1) is 12.5. The zero-order chi connectivity index (χ0) is 18.3. The van der Waals surface area contributed by atoms with Crippen LogP contribution in [0.25, 0.3) is 4.96 Å². The Morgan fingerprint density at radius 2 is 2.12 bits per heavy atom. The fourth-order valence-electron chi connectivity index (χ4n) is 3.53. The number of likely N-dealkylation sites (N-methyl/N-ethyl adjacent to an activating group) is 2. The van der Waals surface area contributed by atoms with E-state index in [4.69, 9.17) is 0 Å². The van der Waals surface area contributed by atoms with Gasteiger partial charge in [-0.05, 0) is 24.6 Å². The van der Waals surface area contributed by atoms with Crippen LogP contribution in [0.2, 0.25) is 0 Å². The van der Waals surface area contributed by atoms with Gasteiger partial charge in [0.15, 0.2) is 4.96 Å². The summed E-state index contributed by atoms with van der Waals surface area (Å²) in [6.07, 6.45) is 2.69. The normalized spacial score (nSPS) is 17.2. The van der Waals surface area contributed by atoms with Gasteiger partial charge in [-0.15, -0.1) is 11.3 Å². The van der Waals surface area contributed by atoms with Crippen LogP contribution in [0.15, 0.2) is 46.7 Å². The van der Waals surface area contributed by atoms with Gasteiger partial charge in [0.2, 0.25) is 0 Å². The predicted octanol–water partition coefficient (Wildman–Crippen LogP) is 1.88. The third kappa shape index (κ3) is 3.04. The molecule has 0 N–H and O–H groups in total. The van der Waals surface area contributed by atoms with Gasteiger partial charge in [0.1, 0.15) is 5.69 Å². The zero-order valence-corrected chi connectivity index (χ0v) is 15.6. The number of thiazole rings is 1. The van der Waals surface area contributed by atoms with Crippen LogP contribution in [-0.4, -0.2) is 51.8 Å². The Kier molecular flexibility index (Phi) is 4.34. The molecule has 3 aromatic rings. The van der Waals surface area contributed by atoms with Crippen molar-refractivity contribution in [3.05, 3.63) is 69.1 Å². The quantitative estimate of drug-likeness (QED) is 0.708. The van der Waals surface area contributed by atoms with Crippen LogP contribution < -0.4 is 5.56 Å². The number of amides is 1. The summed E-state index contributed by atoms with van der Waals surface area (Å²) in [5, 5.41) is 1.82. The maximum atomic E-state index is 13.0. The van der Waals surface area contributed by atoms with Crippen molar-refractivity contribution in [1.29, 1.82) is 0 Å². The summed E-state index contributed by atoms with van der Waals surface area (Å²) in [5.74, 6) is -0.162. The molecular weight excluding hydrogens is 348 g/mol. The molecule has 2 aromatic heterocycles. The molecule has 1 amide bonds. The van der Waals surface area contributed by atoms with Gasteiger partial charge < -0.3 is 4.90 Å². The number of hydrogen-bond donors (Lipinski definition) is 0. The Labute approximate surface area is 155 Å². The lowest BCUT2D eigenvalue weighted by molar-refractivity contribution is 0.0726. The summed E-state index contributed by atoms with van der Waals surface area (Å²) >= 11 is 1.35. The highest BCUT2D eigenvalue weighted by molar-refractivity contribution is 7.15. The van der Waals surface area contributed by atoms with Gasteiger partial charge in [0.05, 0.1) is 0 Å². The first-order valence-corrected chi connectivity index (χ1v) is 9.40. The lowest BCUT2D eigenvalue weighted by Gasteiger charge is -2.36. The molecule has 26 heavy (non-hydrogen) atoms. The van der Waals surface area contributed by atoms with Gasteiger partial charge in [-0.25, -0.2) is 0 Å². The van der Waals surface area contributed by atoms with Crippen LogP contribution in [0.1, 0.15) is 21.6 Å². The largest absolute Gasteiger partial charge is 0.339 e. The van der Waals surface area contributed by atoms with Crippen LogP contribution in [0.4, 0.5) is 0 Å². The summed E-state index contributed by atoms with van der Waals surface area (Å²) in [5.41, 5.74) is 2.67. The maximum absolute atomic E-state index is 13.0. The number of benzene rings is 1. The Morgan fingerprint density at radius 3 is 2.92 bits per heavy atom. The van der Waals surface area contributed by atoms with Crippen molar-refractivity contribution in [2.24, 2.45) is 0 Å². The van der Waals surface area contributed by atoms with Crippen molar-refractivity contribution in [3.63, 3.8) is 0 Å². The molecule has 0 fully saturated rings. The monoisotopic (exact) mass is 368 g/mol. The molecule has 0 saturated heterocycles. The number of carbonyl (C=O) groups is 1. The molecule has 0 bridgehead atoms. The van der Waals surface area contributed by atoms with Crippen LogP contribution >= 0.6 is 11.3 Å². The third-order valence-electron chi connectivity index (χ3n) is 4.98. The standard InChI is InChI=1S/C19H20N4O2S/c1-21-11-14-6-4-3-5-13(14)9-15(21)12-22(2)18(25)16-10-17(24)20-19-23(16)7-8-26-19/h3-8,10,15H,9,11-12H2,1-2H3. The highest BCUT2D eigenvalue weighted by Gasteiger charge is 2.26. The minimum atomic E-state index is -0.382. The average molecular weight is 368 g/mol. The first kappa shape index (κ1) is 16.9. The average Bonchev–Trinajstić information content (AvgIpc) is 3.09. The number of hydrogen-bond acceptors (Lipinski definition) is 5. The summed E-state index contributed by atoms with van der Waals surface area (Å²) in [6, 6.07) is 10.0.